The van der Waals surface area contributed by atoms with Crippen molar-refractivity contribution in [2.75, 3.05) is 36.5 Å². The smallest absolute Gasteiger partial charge is 0.240 e. The minimum absolute atomic E-state index is 0.138. The highest BCUT2D eigenvalue weighted by Crippen LogP contribution is 2.33. The minimum Gasteiger partial charge on any atom is -0.425 e. The van der Waals surface area contributed by atoms with Crippen molar-refractivity contribution in [2.24, 2.45) is 0 Å². The molecule has 0 atom stereocenters. The first-order chi connectivity index (χ1) is 19.3. The number of imidazole rings is 1. The predicted molar refractivity (Wildman–Crippen MR) is 153 cm³/mol. The van der Waals surface area contributed by atoms with Crippen LogP contribution >= 0.6 is 0 Å². The molecular formula is C28H35N7O4S. The molecule has 2 aromatic carbocycles. The fraction of sp³-hybridized carbons (Fsp3) is 0.464. The molecule has 0 spiro atoms. The molecule has 2 aliphatic rings. The molecule has 6 rings (SSSR count). The van der Waals surface area contributed by atoms with E-state index in [-0.39, 0.29) is 22.8 Å². The zero-order chi connectivity index (χ0) is 27.7. The van der Waals surface area contributed by atoms with E-state index in [0.29, 0.717) is 36.1 Å². The van der Waals surface area contributed by atoms with E-state index in [2.05, 4.69) is 47.2 Å². The van der Waals surface area contributed by atoms with Gasteiger partial charge in [0.2, 0.25) is 27.8 Å². The Bertz CT molecular complexity index is 1550. The summed E-state index contributed by atoms with van der Waals surface area (Å²) in [4.78, 5) is 10.3. The van der Waals surface area contributed by atoms with Crippen LogP contribution in [0, 0.1) is 0 Å². The van der Waals surface area contributed by atoms with Gasteiger partial charge in [0, 0.05) is 42.3 Å². The predicted octanol–water partition coefficient (Wildman–Crippen LogP) is 4.65. The van der Waals surface area contributed by atoms with Crippen LogP contribution in [0.1, 0.15) is 63.1 Å². The van der Waals surface area contributed by atoms with Gasteiger partial charge in [0.25, 0.3) is 0 Å². The Labute approximate surface area is 233 Å². The Kier molecular flexibility index (Phi) is 7.47. The zero-order valence-electron chi connectivity index (χ0n) is 22.8. The normalized spacial score (nSPS) is 20.3. The van der Waals surface area contributed by atoms with Crippen molar-refractivity contribution in [3.05, 3.63) is 54.2 Å². The Hall–Kier alpha value is -3.48. The van der Waals surface area contributed by atoms with Crippen LogP contribution in [0.15, 0.2) is 51.8 Å². The molecule has 212 valence electrons. The number of hydrogen-bond donors (Lipinski definition) is 3. The van der Waals surface area contributed by atoms with Crippen LogP contribution in [0.2, 0.25) is 0 Å². The summed E-state index contributed by atoms with van der Waals surface area (Å²) < 4.78 is 40.6. The van der Waals surface area contributed by atoms with Crippen molar-refractivity contribution < 1.29 is 17.6 Å². The Morgan fingerprint density at radius 1 is 1.00 bits per heavy atom. The summed E-state index contributed by atoms with van der Waals surface area (Å²) in [5.74, 6) is 2.22. The van der Waals surface area contributed by atoms with Crippen LogP contribution < -0.4 is 14.9 Å². The summed E-state index contributed by atoms with van der Waals surface area (Å²) in [5, 5.41) is 11.6. The van der Waals surface area contributed by atoms with Crippen LogP contribution in [0.3, 0.4) is 0 Å². The molecule has 0 bridgehead atoms. The third kappa shape index (κ3) is 5.84. The summed E-state index contributed by atoms with van der Waals surface area (Å²) in [6.45, 7) is 7.30. The molecule has 0 radical (unpaired) electrons. The van der Waals surface area contributed by atoms with Crippen molar-refractivity contribution in [3.8, 4) is 0 Å². The number of sulfonamides is 1. The third-order valence-corrected chi connectivity index (χ3v) is 9.14. The van der Waals surface area contributed by atoms with Crippen LogP contribution in [0.5, 0.6) is 0 Å². The molecule has 1 aliphatic heterocycles. The maximum absolute atomic E-state index is 13.2. The highest BCUT2D eigenvalue weighted by Gasteiger charge is 2.29. The van der Waals surface area contributed by atoms with Gasteiger partial charge in [-0.3, -0.25) is 0 Å². The third-order valence-electron chi connectivity index (χ3n) is 7.62. The number of hydrogen-bond acceptors (Lipinski definition) is 9. The second-order valence-corrected chi connectivity index (χ2v) is 12.6. The number of H-pyrrole nitrogens is 1. The number of benzene rings is 2. The number of anilines is 3. The van der Waals surface area contributed by atoms with Gasteiger partial charge in [-0.15, -0.1) is 10.2 Å². The maximum Gasteiger partial charge on any atom is 0.240 e. The standard InChI is InChI=1S/C28H35N7O4S/c1-18(2)26-32-33-27(39-26)19-3-5-21(6-4-19)34-40(36,37)23-11-12-24-25(17-23)31-28(30-24)29-20-7-9-22(10-8-20)35-13-15-38-16-14-35/h7-12,17-19,21,34H,3-6,13-16H2,1-2H3,(H2,29,30,31). The molecule has 40 heavy (non-hydrogen) atoms. The van der Waals surface area contributed by atoms with Gasteiger partial charge in [0.15, 0.2) is 0 Å². The molecule has 3 heterocycles. The van der Waals surface area contributed by atoms with Crippen molar-refractivity contribution in [2.45, 2.75) is 62.3 Å². The quantitative estimate of drug-likeness (QED) is 0.279. The van der Waals surface area contributed by atoms with E-state index < -0.39 is 10.0 Å². The van der Waals surface area contributed by atoms with Gasteiger partial charge in [-0.05, 0) is 68.1 Å². The van der Waals surface area contributed by atoms with Crippen molar-refractivity contribution in [1.29, 1.82) is 0 Å². The van der Waals surface area contributed by atoms with E-state index in [1.807, 2.05) is 26.0 Å². The molecule has 4 aromatic rings. The number of rotatable bonds is 8. The second kappa shape index (κ2) is 11.2. The van der Waals surface area contributed by atoms with Crippen molar-refractivity contribution in [3.63, 3.8) is 0 Å². The maximum atomic E-state index is 13.2. The lowest BCUT2D eigenvalue weighted by Gasteiger charge is -2.28. The number of fused-ring (bicyclic) bond motifs is 1. The van der Waals surface area contributed by atoms with Crippen LogP contribution in [0.25, 0.3) is 11.0 Å². The molecule has 12 heteroatoms. The Morgan fingerprint density at radius 2 is 1.75 bits per heavy atom. The summed E-state index contributed by atoms with van der Waals surface area (Å²) in [7, 11) is -3.70. The largest absolute Gasteiger partial charge is 0.425 e. The first kappa shape index (κ1) is 26.7. The highest BCUT2D eigenvalue weighted by molar-refractivity contribution is 7.89. The summed E-state index contributed by atoms with van der Waals surface area (Å²) >= 11 is 0. The Balaban J connectivity index is 1.08. The van der Waals surface area contributed by atoms with Crippen LogP contribution in [0.4, 0.5) is 17.3 Å². The molecule has 0 amide bonds. The van der Waals surface area contributed by atoms with Gasteiger partial charge in [-0.2, -0.15) is 0 Å². The van der Waals surface area contributed by atoms with Gasteiger partial charge in [0.05, 0.1) is 29.1 Å². The van der Waals surface area contributed by atoms with Gasteiger partial charge >= 0.3 is 0 Å². The van der Waals surface area contributed by atoms with Crippen molar-refractivity contribution >= 4 is 38.4 Å². The number of nitrogens with zero attached hydrogens (tertiary/aromatic N) is 4. The van der Waals surface area contributed by atoms with E-state index in [0.717, 1.165) is 56.0 Å². The molecule has 11 nitrogen and oxygen atoms in total. The lowest BCUT2D eigenvalue weighted by atomic mass is 9.86. The number of ether oxygens (including phenoxy) is 1. The first-order valence-corrected chi connectivity index (χ1v) is 15.4. The number of aromatic amines is 1. The highest BCUT2D eigenvalue weighted by atomic mass is 32.2. The SMILES string of the molecule is CC(C)c1nnc(C2CCC(NS(=O)(=O)c3ccc4[nH]c(Nc5ccc(N6CCOCC6)cc5)nc4c3)CC2)o1. The lowest BCUT2D eigenvalue weighted by Crippen LogP contribution is -2.37. The van der Waals surface area contributed by atoms with Gasteiger partial charge in [-0.25, -0.2) is 18.1 Å². The molecule has 2 aromatic heterocycles. The molecule has 1 saturated heterocycles. The average molecular weight is 566 g/mol. The molecule has 1 saturated carbocycles. The number of aromatic nitrogens is 4. The van der Waals surface area contributed by atoms with E-state index in [9.17, 15) is 8.42 Å². The molecule has 1 aliphatic carbocycles. The van der Waals surface area contributed by atoms with Gasteiger partial charge < -0.3 is 24.4 Å². The first-order valence-electron chi connectivity index (χ1n) is 13.9. The molecular weight excluding hydrogens is 530 g/mol. The Morgan fingerprint density at radius 3 is 2.45 bits per heavy atom. The number of nitrogens with one attached hydrogen (secondary N) is 3. The lowest BCUT2D eigenvalue weighted by molar-refractivity contribution is 0.122. The van der Waals surface area contributed by atoms with E-state index in [1.54, 1.807) is 18.2 Å². The van der Waals surface area contributed by atoms with Crippen LogP contribution in [-0.2, 0) is 14.8 Å². The van der Waals surface area contributed by atoms with E-state index in [1.165, 1.54) is 0 Å². The monoisotopic (exact) mass is 565 g/mol. The molecule has 0 unspecified atom stereocenters. The summed E-state index contributed by atoms with van der Waals surface area (Å²) in [6.07, 6.45) is 3.03. The number of morpholine rings is 1. The van der Waals surface area contributed by atoms with Gasteiger partial charge in [-0.1, -0.05) is 13.8 Å². The van der Waals surface area contributed by atoms with Crippen molar-refractivity contribution in [1.82, 2.24) is 24.9 Å². The molecule has 2 fully saturated rings. The van der Waals surface area contributed by atoms with E-state index >= 15 is 0 Å². The minimum atomic E-state index is -3.70. The zero-order valence-corrected chi connectivity index (χ0v) is 23.6. The summed E-state index contributed by atoms with van der Waals surface area (Å²) in [6, 6.07) is 13.0. The fourth-order valence-corrected chi connectivity index (χ4v) is 6.64. The molecule has 3 N–H and O–H groups in total. The average Bonchev–Trinajstić information content (AvgIpc) is 3.61. The second-order valence-electron chi connectivity index (χ2n) is 10.8. The fourth-order valence-electron chi connectivity index (χ4n) is 5.32. The topological polar surface area (TPSA) is 138 Å². The van der Waals surface area contributed by atoms with E-state index in [4.69, 9.17) is 9.15 Å². The summed E-state index contributed by atoms with van der Waals surface area (Å²) in [5.41, 5.74) is 3.38. The van der Waals surface area contributed by atoms with Crippen LogP contribution in [-0.4, -0.2) is 60.9 Å². The van der Waals surface area contributed by atoms with Gasteiger partial charge in [0.1, 0.15) is 0 Å².